The van der Waals surface area contributed by atoms with Crippen LogP contribution in [-0.2, 0) is 0 Å². The number of nitrogens with zero attached hydrogens (tertiary/aromatic N) is 3. The van der Waals surface area contributed by atoms with Gasteiger partial charge in [-0.05, 0) is 48.9 Å². The predicted molar refractivity (Wildman–Crippen MR) is 116 cm³/mol. The lowest BCUT2D eigenvalue weighted by molar-refractivity contribution is 0.340. The molecular weight excluding hydrogens is 382 g/mol. The van der Waals surface area contributed by atoms with Gasteiger partial charge in [-0.1, -0.05) is 54.2 Å². The molecule has 0 amide bonds. The molecule has 0 fully saturated rings. The van der Waals surface area contributed by atoms with E-state index in [0.717, 1.165) is 22.3 Å². The van der Waals surface area contributed by atoms with Gasteiger partial charge in [0.1, 0.15) is 5.75 Å². The summed E-state index contributed by atoms with van der Waals surface area (Å²) in [5, 5.41) is 9.58. The lowest BCUT2D eigenvalue weighted by Crippen LogP contribution is -2.00. The van der Waals surface area contributed by atoms with Crippen LogP contribution in [0, 0.1) is 0 Å². The van der Waals surface area contributed by atoms with Gasteiger partial charge >= 0.3 is 0 Å². The first-order valence-corrected chi connectivity index (χ1v) is 10.4. The third-order valence-corrected chi connectivity index (χ3v) is 5.08. The molecule has 0 aliphatic carbocycles. The second-order valence-corrected chi connectivity index (χ2v) is 7.16. The van der Waals surface area contributed by atoms with Gasteiger partial charge in [0.2, 0.25) is 5.82 Å². The first-order chi connectivity index (χ1) is 14.3. The number of furan rings is 1. The van der Waals surface area contributed by atoms with Gasteiger partial charge in [0.15, 0.2) is 10.9 Å². The maximum atomic E-state index is 5.57. The molecule has 0 bridgehead atoms. The van der Waals surface area contributed by atoms with Gasteiger partial charge in [-0.3, -0.25) is 4.57 Å². The van der Waals surface area contributed by atoms with E-state index in [0.29, 0.717) is 18.2 Å². The molecule has 2 heterocycles. The smallest absolute Gasteiger partial charge is 0.205 e. The van der Waals surface area contributed by atoms with E-state index in [1.165, 1.54) is 5.56 Å². The van der Waals surface area contributed by atoms with Gasteiger partial charge < -0.3 is 9.15 Å². The summed E-state index contributed by atoms with van der Waals surface area (Å²) in [5.74, 6) is 2.97. The van der Waals surface area contributed by atoms with Crippen LogP contribution in [0.5, 0.6) is 5.75 Å². The van der Waals surface area contributed by atoms with Crippen molar-refractivity contribution in [1.82, 2.24) is 14.8 Å². The molecule has 0 unspecified atom stereocenters. The molecule has 29 heavy (non-hydrogen) atoms. The Morgan fingerprint density at radius 3 is 2.55 bits per heavy atom. The Balaban J connectivity index is 1.59. The zero-order chi connectivity index (χ0) is 19.9. The zero-order valence-electron chi connectivity index (χ0n) is 16.1. The fraction of sp³-hybridized carbons (Fsp3) is 0.130. The summed E-state index contributed by atoms with van der Waals surface area (Å²) in [6, 6.07) is 21.9. The topological polar surface area (TPSA) is 53.1 Å². The minimum absolute atomic E-state index is 0.637. The summed E-state index contributed by atoms with van der Waals surface area (Å²) in [4.78, 5) is 0. The van der Waals surface area contributed by atoms with Crippen LogP contribution in [0.4, 0.5) is 0 Å². The van der Waals surface area contributed by atoms with Crippen LogP contribution in [-0.4, -0.2) is 27.1 Å². The molecule has 4 rings (SSSR count). The fourth-order valence-electron chi connectivity index (χ4n) is 2.89. The van der Waals surface area contributed by atoms with Gasteiger partial charge in [0, 0.05) is 5.75 Å². The molecule has 0 radical (unpaired) electrons. The molecule has 4 aromatic rings. The maximum absolute atomic E-state index is 5.57. The van der Waals surface area contributed by atoms with Crippen LogP contribution >= 0.6 is 11.8 Å². The van der Waals surface area contributed by atoms with Crippen LogP contribution < -0.4 is 4.74 Å². The van der Waals surface area contributed by atoms with E-state index >= 15 is 0 Å². The fourth-order valence-corrected chi connectivity index (χ4v) is 3.65. The van der Waals surface area contributed by atoms with E-state index in [9.17, 15) is 0 Å². The molecule has 6 heteroatoms. The van der Waals surface area contributed by atoms with Crippen molar-refractivity contribution < 1.29 is 9.15 Å². The number of ether oxygens (including phenoxy) is 1. The molecule has 2 aromatic heterocycles. The zero-order valence-corrected chi connectivity index (χ0v) is 16.9. The maximum Gasteiger partial charge on any atom is 0.205 e. The van der Waals surface area contributed by atoms with Crippen LogP contribution in [0.25, 0.3) is 23.3 Å². The molecule has 0 saturated heterocycles. The van der Waals surface area contributed by atoms with E-state index in [1.807, 2.05) is 66.1 Å². The number of thioether (sulfide) groups is 1. The highest BCUT2D eigenvalue weighted by molar-refractivity contribution is 7.99. The minimum atomic E-state index is 0.637. The molecule has 0 spiro atoms. The number of benzene rings is 2. The van der Waals surface area contributed by atoms with Gasteiger partial charge in [-0.25, -0.2) is 0 Å². The minimum Gasteiger partial charge on any atom is -0.494 e. The Hall–Kier alpha value is -3.25. The van der Waals surface area contributed by atoms with Gasteiger partial charge in [0.25, 0.3) is 0 Å². The van der Waals surface area contributed by atoms with Gasteiger partial charge in [-0.15, -0.1) is 10.2 Å². The van der Waals surface area contributed by atoms with Crippen LogP contribution in [0.2, 0.25) is 0 Å². The number of aromatic nitrogens is 3. The Kier molecular flexibility index (Phi) is 6.12. The van der Waals surface area contributed by atoms with Crippen molar-refractivity contribution in [3.05, 3.63) is 84.6 Å². The quantitative estimate of drug-likeness (QED) is 0.352. The van der Waals surface area contributed by atoms with Gasteiger partial charge in [-0.2, -0.15) is 0 Å². The van der Waals surface area contributed by atoms with E-state index in [1.54, 1.807) is 18.0 Å². The molecule has 5 nitrogen and oxygen atoms in total. The summed E-state index contributed by atoms with van der Waals surface area (Å²) >= 11 is 1.62. The highest BCUT2D eigenvalue weighted by Gasteiger charge is 2.17. The van der Waals surface area contributed by atoms with Crippen LogP contribution in [0.15, 0.2) is 88.6 Å². The monoisotopic (exact) mass is 403 g/mol. The second-order valence-electron chi connectivity index (χ2n) is 6.17. The van der Waals surface area contributed by atoms with E-state index in [2.05, 4.69) is 34.5 Å². The molecule has 2 aromatic carbocycles. The first-order valence-electron chi connectivity index (χ1n) is 9.42. The number of hydrogen-bond donors (Lipinski definition) is 0. The van der Waals surface area contributed by atoms with Crippen molar-refractivity contribution >= 4 is 17.8 Å². The Morgan fingerprint density at radius 1 is 1.00 bits per heavy atom. The molecule has 0 N–H and O–H groups in total. The molecule has 146 valence electrons. The third kappa shape index (κ3) is 4.60. The van der Waals surface area contributed by atoms with Crippen molar-refractivity contribution in [3.8, 4) is 23.0 Å². The second kappa shape index (κ2) is 9.30. The summed E-state index contributed by atoms with van der Waals surface area (Å²) in [5.41, 5.74) is 2.14. The SMILES string of the molecule is CCOc1ccc(-n2c(SCC=Cc3ccccc3)nnc2-c2ccco2)cc1. The van der Waals surface area contributed by atoms with Crippen molar-refractivity contribution in [2.75, 3.05) is 12.4 Å². The van der Waals surface area contributed by atoms with Gasteiger partial charge in [0.05, 0.1) is 18.6 Å². The molecule has 0 aliphatic heterocycles. The summed E-state index contributed by atoms with van der Waals surface area (Å²) < 4.78 is 13.1. The van der Waals surface area contributed by atoms with Crippen LogP contribution in [0.1, 0.15) is 12.5 Å². The number of rotatable bonds is 8. The average Bonchev–Trinajstić information content (AvgIpc) is 3.43. The Morgan fingerprint density at radius 2 is 1.83 bits per heavy atom. The highest BCUT2D eigenvalue weighted by atomic mass is 32.2. The lowest BCUT2D eigenvalue weighted by Gasteiger charge is -2.10. The summed E-state index contributed by atoms with van der Waals surface area (Å²) in [7, 11) is 0. The van der Waals surface area contributed by atoms with Crippen molar-refractivity contribution in [2.45, 2.75) is 12.1 Å². The van der Waals surface area contributed by atoms with E-state index < -0.39 is 0 Å². The molecule has 0 atom stereocenters. The van der Waals surface area contributed by atoms with Crippen molar-refractivity contribution in [1.29, 1.82) is 0 Å². The lowest BCUT2D eigenvalue weighted by atomic mass is 10.2. The molecule has 0 saturated carbocycles. The normalized spacial score (nSPS) is 11.2. The first kappa shape index (κ1) is 19.1. The van der Waals surface area contributed by atoms with Crippen molar-refractivity contribution in [2.24, 2.45) is 0 Å². The highest BCUT2D eigenvalue weighted by Crippen LogP contribution is 2.29. The van der Waals surface area contributed by atoms with E-state index in [4.69, 9.17) is 9.15 Å². The Labute approximate surface area is 174 Å². The summed E-state index contributed by atoms with van der Waals surface area (Å²) in [6.45, 7) is 2.61. The van der Waals surface area contributed by atoms with Crippen LogP contribution in [0.3, 0.4) is 0 Å². The van der Waals surface area contributed by atoms with E-state index in [-0.39, 0.29) is 0 Å². The average molecular weight is 404 g/mol. The third-order valence-electron chi connectivity index (χ3n) is 4.20. The molecule has 0 aliphatic rings. The van der Waals surface area contributed by atoms with Crippen molar-refractivity contribution in [3.63, 3.8) is 0 Å². The Bertz CT molecular complexity index is 1060. The predicted octanol–water partition coefficient (Wildman–Crippen LogP) is 5.73. The number of hydrogen-bond acceptors (Lipinski definition) is 5. The summed E-state index contributed by atoms with van der Waals surface area (Å²) in [6.07, 6.45) is 5.88. The molecular formula is C23H21N3O2S. The largest absolute Gasteiger partial charge is 0.494 e. The standard InChI is InChI=1S/C23H21N3O2S/c1-2-27-20-14-12-19(13-15-20)26-22(21-11-6-16-28-21)24-25-23(26)29-17-7-10-18-8-4-3-5-9-18/h3-16H,2,17H2,1H3.